The van der Waals surface area contributed by atoms with Gasteiger partial charge < -0.3 is 14.2 Å². The number of pyridine rings is 1. The SMILES string of the molecule is Fc1ncccc1-c1cc(C2OCCO2)ccc1Oc1ccc(Cl)cc1. The summed E-state index contributed by atoms with van der Waals surface area (Å²) in [5.41, 5.74) is 1.71. The molecule has 0 unspecified atom stereocenters. The van der Waals surface area contributed by atoms with E-state index in [0.717, 1.165) is 5.56 Å². The van der Waals surface area contributed by atoms with E-state index in [9.17, 15) is 4.39 Å². The molecule has 3 aromatic rings. The minimum Gasteiger partial charge on any atom is -0.457 e. The van der Waals surface area contributed by atoms with E-state index in [-0.39, 0.29) is 0 Å². The predicted octanol–water partition coefficient (Wildman–Crippen LogP) is 5.38. The molecule has 2 aromatic carbocycles. The molecule has 4 rings (SSSR count). The summed E-state index contributed by atoms with van der Waals surface area (Å²) < 4.78 is 31.4. The molecule has 0 spiro atoms. The normalized spacial score (nSPS) is 14.5. The lowest BCUT2D eigenvalue weighted by atomic mass is 10.0. The van der Waals surface area contributed by atoms with E-state index in [1.807, 2.05) is 6.07 Å². The molecule has 2 heterocycles. The highest BCUT2D eigenvalue weighted by atomic mass is 35.5. The molecule has 0 saturated carbocycles. The van der Waals surface area contributed by atoms with Crippen molar-refractivity contribution in [1.29, 1.82) is 0 Å². The first-order valence-corrected chi connectivity index (χ1v) is 8.50. The average Bonchev–Trinajstić information content (AvgIpc) is 3.19. The van der Waals surface area contributed by atoms with Crippen molar-refractivity contribution >= 4 is 11.6 Å². The molecule has 0 aliphatic carbocycles. The fourth-order valence-corrected chi connectivity index (χ4v) is 2.89. The van der Waals surface area contributed by atoms with Gasteiger partial charge in [0.15, 0.2) is 6.29 Å². The Kier molecular flexibility index (Phi) is 4.84. The summed E-state index contributed by atoms with van der Waals surface area (Å²) >= 11 is 5.91. The molecule has 1 aliphatic rings. The van der Waals surface area contributed by atoms with Gasteiger partial charge in [-0.2, -0.15) is 4.39 Å². The quantitative estimate of drug-likeness (QED) is 0.577. The van der Waals surface area contributed by atoms with Gasteiger partial charge in [-0.3, -0.25) is 0 Å². The van der Waals surface area contributed by atoms with Crippen LogP contribution >= 0.6 is 11.6 Å². The standard InChI is InChI=1S/C20H15ClFNO3/c21-14-4-6-15(7-5-14)26-18-8-3-13(20-24-10-11-25-20)12-17(18)16-2-1-9-23-19(16)22/h1-9,12,20H,10-11H2. The lowest BCUT2D eigenvalue weighted by molar-refractivity contribution is -0.0441. The van der Waals surface area contributed by atoms with Crippen LogP contribution in [0.4, 0.5) is 4.39 Å². The summed E-state index contributed by atoms with van der Waals surface area (Å²) in [6.45, 7) is 1.06. The third-order valence-corrected chi connectivity index (χ3v) is 4.24. The molecule has 6 heteroatoms. The Bertz CT molecular complexity index is 911. The van der Waals surface area contributed by atoms with Crippen LogP contribution in [-0.4, -0.2) is 18.2 Å². The number of nitrogens with zero attached hydrogens (tertiary/aromatic N) is 1. The van der Waals surface area contributed by atoms with E-state index < -0.39 is 12.2 Å². The van der Waals surface area contributed by atoms with Crippen LogP contribution in [0.25, 0.3) is 11.1 Å². The second kappa shape index (κ2) is 7.41. The van der Waals surface area contributed by atoms with E-state index >= 15 is 0 Å². The molecule has 1 aliphatic heterocycles. The summed E-state index contributed by atoms with van der Waals surface area (Å²) in [5.74, 6) is 0.529. The molecule has 0 radical (unpaired) electrons. The highest BCUT2D eigenvalue weighted by molar-refractivity contribution is 6.30. The van der Waals surface area contributed by atoms with Crippen molar-refractivity contribution in [3.8, 4) is 22.6 Å². The predicted molar refractivity (Wildman–Crippen MR) is 95.8 cm³/mol. The summed E-state index contributed by atoms with van der Waals surface area (Å²) in [6, 6.07) is 15.7. The molecular weight excluding hydrogens is 357 g/mol. The van der Waals surface area contributed by atoms with Crippen LogP contribution in [0.3, 0.4) is 0 Å². The van der Waals surface area contributed by atoms with Crippen LogP contribution in [0.5, 0.6) is 11.5 Å². The molecule has 0 bridgehead atoms. The molecule has 0 atom stereocenters. The highest BCUT2D eigenvalue weighted by Gasteiger charge is 2.21. The molecule has 132 valence electrons. The second-order valence-electron chi connectivity index (χ2n) is 5.73. The van der Waals surface area contributed by atoms with Crippen molar-refractivity contribution in [3.63, 3.8) is 0 Å². The molecule has 1 aromatic heterocycles. The van der Waals surface area contributed by atoms with Crippen LogP contribution in [0.15, 0.2) is 60.8 Å². The van der Waals surface area contributed by atoms with Gasteiger partial charge in [-0.15, -0.1) is 0 Å². The van der Waals surface area contributed by atoms with Gasteiger partial charge in [0.05, 0.1) is 13.2 Å². The van der Waals surface area contributed by atoms with Gasteiger partial charge in [0, 0.05) is 27.9 Å². The fourth-order valence-electron chi connectivity index (χ4n) is 2.76. The number of aromatic nitrogens is 1. The van der Waals surface area contributed by atoms with Gasteiger partial charge in [0.1, 0.15) is 11.5 Å². The van der Waals surface area contributed by atoms with Crippen molar-refractivity contribution in [3.05, 3.63) is 77.3 Å². The van der Waals surface area contributed by atoms with Gasteiger partial charge >= 0.3 is 0 Å². The molecule has 0 N–H and O–H groups in total. The lowest BCUT2D eigenvalue weighted by Gasteiger charge is -2.16. The number of hydrogen-bond acceptors (Lipinski definition) is 4. The van der Waals surface area contributed by atoms with Crippen LogP contribution in [0.1, 0.15) is 11.9 Å². The summed E-state index contributed by atoms with van der Waals surface area (Å²) in [7, 11) is 0. The smallest absolute Gasteiger partial charge is 0.220 e. The van der Waals surface area contributed by atoms with Crippen LogP contribution in [0.2, 0.25) is 5.02 Å². The monoisotopic (exact) mass is 371 g/mol. The maximum absolute atomic E-state index is 14.3. The van der Waals surface area contributed by atoms with Gasteiger partial charge in [0.2, 0.25) is 5.95 Å². The molecular formula is C20H15ClFNO3. The van der Waals surface area contributed by atoms with Crippen molar-refractivity contribution < 1.29 is 18.6 Å². The third kappa shape index (κ3) is 3.55. The molecule has 26 heavy (non-hydrogen) atoms. The van der Waals surface area contributed by atoms with E-state index in [1.165, 1.54) is 6.20 Å². The first kappa shape index (κ1) is 17.0. The number of rotatable bonds is 4. The van der Waals surface area contributed by atoms with Crippen molar-refractivity contribution in [2.45, 2.75) is 6.29 Å². The summed E-state index contributed by atoms with van der Waals surface area (Å²) in [4.78, 5) is 3.74. The Morgan fingerprint density at radius 2 is 1.77 bits per heavy atom. The summed E-state index contributed by atoms with van der Waals surface area (Å²) in [6.07, 6.45) is 0.948. The number of benzene rings is 2. The fraction of sp³-hybridized carbons (Fsp3) is 0.150. The first-order valence-electron chi connectivity index (χ1n) is 8.12. The van der Waals surface area contributed by atoms with Gasteiger partial charge in [-0.25, -0.2) is 4.98 Å². The topological polar surface area (TPSA) is 40.6 Å². The Balaban J connectivity index is 1.76. The van der Waals surface area contributed by atoms with Crippen molar-refractivity contribution in [1.82, 2.24) is 4.98 Å². The minimum absolute atomic E-state index is 0.344. The zero-order valence-corrected chi connectivity index (χ0v) is 14.4. The number of hydrogen-bond donors (Lipinski definition) is 0. The largest absolute Gasteiger partial charge is 0.457 e. The van der Waals surface area contributed by atoms with Crippen LogP contribution < -0.4 is 4.74 Å². The molecule has 4 nitrogen and oxygen atoms in total. The number of halogens is 2. The zero-order chi connectivity index (χ0) is 17.9. The van der Waals surface area contributed by atoms with Crippen LogP contribution in [-0.2, 0) is 9.47 Å². The molecule has 1 fully saturated rings. The third-order valence-electron chi connectivity index (χ3n) is 3.99. The Hall–Kier alpha value is -2.47. The maximum atomic E-state index is 14.3. The van der Waals surface area contributed by atoms with Gasteiger partial charge in [-0.1, -0.05) is 17.7 Å². The van der Waals surface area contributed by atoms with Gasteiger partial charge in [-0.05, 0) is 48.5 Å². The Morgan fingerprint density at radius 3 is 2.50 bits per heavy atom. The van der Waals surface area contributed by atoms with E-state index in [1.54, 1.807) is 48.5 Å². The maximum Gasteiger partial charge on any atom is 0.220 e. The molecule has 1 saturated heterocycles. The van der Waals surface area contributed by atoms with E-state index in [2.05, 4.69) is 4.98 Å². The van der Waals surface area contributed by atoms with Gasteiger partial charge in [0.25, 0.3) is 0 Å². The zero-order valence-electron chi connectivity index (χ0n) is 13.7. The first-order chi connectivity index (χ1) is 12.7. The highest BCUT2D eigenvalue weighted by Crippen LogP contribution is 2.37. The summed E-state index contributed by atoms with van der Waals surface area (Å²) in [5, 5.41) is 0.613. The van der Waals surface area contributed by atoms with Crippen molar-refractivity contribution in [2.24, 2.45) is 0 Å². The van der Waals surface area contributed by atoms with E-state index in [0.29, 0.717) is 40.9 Å². The average molecular weight is 372 g/mol. The van der Waals surface area contributed by atoms with Crippen LogP contribution in [0, 0.1) is 5.95 Å². The Morgan fingerprint density at radius 1 is 1.00 bits per heavy atom. The lowest BCUT2D eigenvalue weighted by Crippen LogP contribution is -2.00. The van der Waals surface area contributed by atoms with Crippen molar-refractivity contribution in [2.75, 3.05) is 13.2 Å². The Labute approximate surface area is 155 Å². The minimum atomic E-state index is -0.570. The van der Waals surface area contributed by atoms with E-state index in [4.69, 9.17) is 25.8 Å². The molecule has 0 amide bonds. The number of ether oxygens (including phenoxy) is 3. The second-order valence-corrected chi connectivity index (χ2v) is 6.16.